The lowest BCUT2D eigenvalue weighted by molar-refractivity contribution is 0.333. The summed E-state index contributed by atoms with van der Waals surface area (Å²) in [6, 6.07) is 5.17. The Balaban J connectivity index is 2.09. The molecule has 0 saturated heterocycles. The molecule has 0 spiro atoms. The standard InChI is InChI=1S/C16H25NS2/c1-5-9-17-12(6-8-16(2,3)4)14-11-15-13(19-14)7-10-18-15/h7,10-12,17H,5-6,8-9H2,1-4H3. The molecule has 2 heterocycles. The molecule has 106 valence electrons. The molecule has 0 aliphatic rings. The Kier molecular flexibility index (Phi) is 5.04. The molecule has 1 unspecified atom stereocenters. The third-order valence-electron chi connectivity index (χ3n) is 3.33. The fraction of sp³-hybridized carbons (Fsp3) is 0.625. The second kappa shape index (κ2) is 6.38. The minimum Gasteiger partial charge on any atom is -0.309 e. The van der Waals surface area contributed by atoms with Crippen molar-refractivity contribution in [2.24, 2.45) is 5.41 Å². The smallest absolute Gasteiger partial charge is 0.0454 e. The number of rotatable bonds is 6. The van der Waals surface area contributed by atoms with Crippen LogP contribution in [0.3, 0.4) is 0 Å². The van der Waals surface area contributed by atoms with E-state index in [4.69, 9.17) is 0 Å². The zero-order chi connectivity index (χ0) is 13.9. The van der Waals surface area contributed by atoms with Crippen molar-refractivity contribution in [2.75, 3.05) is 6.54 Å². The van der Waals surface area contributed by atoms with Gasteiger partial charge in [-0.2, -0.15) is 0 Å². The molecule has 19 heavy (non-hydrogen) atoms. The van der Waals surface area contributed by atoms with Crippen molar-refractivity contribution in [3.05, 3.63) is 22.4 Å². The Morgan fingerprint density at radius 1 is 1.26 bits per heavy atom. The lowest BCUT2D eigenvalue weighted by atomic mass is 9.88. The van der Waals surface area contributed by atoms with E-state index in [1.165, 1.54) is 33.5 Å². The van der Waals surface area contributed by atoms with E-state index in [-0.39, 0.29) is 0 Å². The molecule has 1 N–H and O–H groups in total. The van der Waals surface area contributed by atoms with Crippen LogP contribution < -0.4 is 5.32 Å². The molecule has 2 aromatic heterocycles. The summed E-state index contributed by atoms with van der Waals surface area (Å²) in [7, 11) is 0. The van der Waals surface area contributed by atoms with E-state index >= 15 is 0 Å². The van der Waals surface area contributed by atoms with E-state index in [1.54, 1.807) is 0 Å². The molecular weight excluding hydrogens is 270 g/mol. The zero-order valence-corrected chi connectivity index (χ0v) is 14.1. The SMILES string of the molecule is CCCNC(CCC(C)(C)C)c1cc2sccc2s1. The lowest BCUT2D eigenvalue weighted by Gasteiger charge is -2.23. The molecule has 0 aromatic carbocycles. The first-order valence-electron chi connectivity index (χ1n) is 7.20. The molecule has 0 fully saturated rings. The van der Waals surface area contributed by atoms with Crippen LogP contribution in [0.25, 0.3) is 9.40 Å². The lowest BCUT2D eigenvalue weighted by Crippen LogP contribution is -2.22. The van der Waals surface area contributed by atoms with Crippen molar-refractivity contribution in [3.63, 3.8) is 0 Å². The predicted octanol–water partition coefficient (Wildman–Crippen LogP) is 5.83. The third kappa shape index (κ3) is 4.30. The summed E-state index contributed by atoms with van der Waals surface area (Å²) in [6.45, 7) is 10.3. The summed E-state index contributed by atoms with van der Waals surface area (Å²) in [5.41, 5.74) is 0.417. The molecule has 0 bridgehead atoms. The molecule has 0 aliphatic heterocycles. The van der Waals surface area contributed by atoms with Crippen molar-refractivity contribution >= 4 is 32.1 Å². The summed E-state index contributed by atoms with van der Waals surface area (Å²) < 4.78 is 2.89. The van der Waals surface area contributed by atoms with Gasteiger partial charge in [0, 0.05) is 20.3 Å². The third-order valence-corrected chi connectivity index (χ3v) is 5.53. The van der Waals surface area contributed by atoms with Gasteiger partial charge in [0.2, 0.25) is 0 Å². The van der Waals surface area contributed by atoms with E-state index in [0.717, 1.165) is 6.54 Å². The first-order valence-corrected chi connectivity index (χ1v) is 8.89. The van der Waals surface area contributed by atoms with Crippen LogP contribution in [0.2, 0.25) is 0 Å². The van der Waals surface area contributed by atoms with Crippen molar-refractivity contribution in [1.29, 1.82) is 0 Å². The predicted molar refractivity (Wildman–Crippen MR) is 89.4 cm³/mol. The van der Waals surface area contributed by atoms with E-state index in [9.17, 15) is 0 Å². The Morgan fingerprint density at radius 2 is 2.05 bits per heavy atom. The van der Waals surface area contributed by atoms with Gasteiger partial charge in [0.1, 0.15) is 0 Å². The Hall–Kier alpha value is -0.380. The first kappa shape index (κ1) is 15.0. The number of nitrogens with one attached hydrogen (secondary N) is 1. The Morgan fingerprint density at radius 3 is 2.68 bits per heavy atom. The normalized spacial score (nSPS) is 14.1. The molecule has 0 radical (unpaired) electrons. The van der Waals surface area contributed by atoms with Crippen LogP contribution in [0, 0.1) is 5.41 Å². The molecular formula is C16H25NS2. The van der Waals surface area contributed by atoms with E-state index in [1.807, 2.05) is 22.7 Å². The highest BCUT2D eigenvalue weighted by Crippen LogP contribution is 2.36. The van der Waals surface area contributed by atoms with E-state index in [2.05, 4.69) is 50.5 Å². The van der Waals surface area contributed by atoms with Gasteiger partial charge in [-0.15, -0.1) is 22.7 Å². The van der Waals surface area contributed by atoms with Crippen LogP contribution in [0.5, 0.6) is 0 Å². The van der Waals surface area contributed by atoms with Crippen LogP contribution in [-0.4, -0.2) is 6.54 Å². The van der Waals surface area contributed by atoms with Crippen molar-refractivity contribution in [1.82, 2.24) is 5.32 Å². The molecule has 2 aromatic rings. The average Bonchev–Trinajstić information content (AvgIpc) is 2.88. The highest BCUT2D eigenvalue weighted by molar-refractivity contribution is 7.26. The fourth-order valence-corrected chi connectivity index (χ4v) is 4.43. The first-order chi connectivity index (χ1) is 8.99. The highest BCUT2D eigenvalue weighted by Gasteiger charge is 2.18. The minimum atomic E-state index is 0.417. The maximum Gasteiger partial charge on any atom is 0.0454 e. The van der Waals surface area contributed by atoms with Crippen LogP contribution in [0.1, 0.15) is 57.9 Å². The van der Waals surface area contributed by atoms with Gasteiger partial charge in [0.25, 0.3) is 0 Å². The van der Waals surface area contributed by atoms with Gasteiger partial charge >= 0.3 is 0 Å². The molecule has 1 nitrogen and oxygen atoms in total. The molecule has 1 atom stereocenters. The average molecular weight is 296 g/mol. The summed E-state index contributed by atoms with van der Waals surface area (Å²) in [4.78, 5) is 1.51. The molecule has 0 aliphatic carbocycles. The van der Waals surface area contributed by atoms with E-state index < -0.39 is 0 Å². The van der Waals surface area contributed by atoms with Crippen LogP contribution in [-0.2, 0) is 0 Å². The highest BCUT2D eigenvalue weighted by atomic mass is 32.1. The molecule has 0 saturated carbocycles. The fourth-order valence-electron chi connectivity index (χ4n) is 2.20. The van der Waals surface area contributed by atoms with Gasteiger partial charge in [-0.25, -0.2) is 0 Å². The number of hydrogen-bond acceptors (Lipinski definition) is 3. The van der Waals surface area contributed by atoms with Gasteiger partial charge in [0.15, 0.2) is 0 Å². The van der Waals surface area contributed by atoms with Crippen molar-refractivity contribution < 1.29 is 0 Å². The van der Waals surface area contributed by atoms with E-state index in [0.29, 0.717) is 11.5 Å². The van der Waals surface area contributed by atoms with Gasteiger partial charge in [-0.3, -0.25) is 0 Å². The Labute approximate surface area is 125 Å². The maximum atomic E-state index is 3.72. The number of hydrogen-bond donors (Lipinski definition) is 1. The van der Waals surface area contributed by atoms with Gasteiger partial charge in [0.05, 0.1) is 0 Å². The maximum absolute atomic E-state index is 3.72. The van der Waals surface area contributed by atoms with Crippen molar-refractivity contribution in [2.45, 2.75) is 53.0 Å². The van der Waals surface area contributed by atoms with Gasteiger partial charge < -0.3 is 5.32 Å². The number of thiophene rings is 2. The second-order valence-electron chi connectivity index (χ2n) is 6.40. The quantitative estimate of drug-likeness (QED) is 0.707. The Bertz CT molecular complexity index is 476. The summed E-state index contributed by atoms with van der Waals surface area (Å²) in [6.07, 6.45) is 3.70. The van der Waals surface area contributed by atoms with Crippen LogP contribution >= 0.6 is 22.7 Å². The summed E-state index contributed by atoms with van der Waals surface area (Å²) in [5, 5.41) is 5.91. The van der Waals surface area contributed by atoms with Crippen LogP contribution in [0.4, 0.5) is 0 Å². The summed E-state index contributed by atoms with van der Waals surface area (Å²) in [5.74, 6) is 0. The molecule has 2 rings (SSSR count). The van der Waals surface area contributed by atoms with Crippen molar-refractivity contribution in [3.8, 4) is 0 Å². The summed E-state index contributed by atoms with van der Waals surface area (Å²) >= 11 is 3.82. The number of fused-ring (bicyclic) bond motifs is 1. The monoisotopic (exact) mass is 295 g/mol. The largest absolute Gasteiger partial charge is 0.309 e. The zero-order valence-electron chi connectivity index (χ0n) is 12.5. The second-order valence-corrected chi connectivity index (χ2v) is 8.47. The van der Waals surface area contributed by atoms with Crippen LogP contribution in [0.15, 0.2) is 17.5 Å². The van der Waals surface area contributed by atoms with Gasteiger partial charge in [-0.05, 0) is 48.7 Å². The topological polar surface area (TPSA) is 12.0 Å². The molecule has 3 heteroatoms. The van der Waals surface area contributed by atoms with Gasteiger partial charge in [-0.1, -0.05) is 27.7 Å². The minimum absolute atomic E-state index is 0.417. The molecule has 0 amide bonds.